The molecule has 1 unspecified atom stereocenters. The van der Waals surface area contributed by atoms with Crippen molar-refractivity contribution in [2.24, 2.45) is 5.92 Å². The van der Waals surface area contributed by atoms with Crippen LogP contribution in [0.15, 0.2) is 30.5 Å². The standard InChI is InChI=1S/C15H15N3O3/c1-10-9-17(8-6-14(10)19)13-5-4-12-11(3-2-7-16-12)15(13)18(20)21/h2-5,7,10H,6,8-9H2,1H3. The van der Waals surface area contributed by atoms with Gasteiger partial charge in [-0.15, -0.1) is 0 Å². The number of benzene rings is 1. The van der Waals surface area contributed by atoms with Crippen molar-refractivity contribution < 1.29 is 9.72 Å². The molecule has 6 nitrogen and oxygen atoms in total. The Hall–Kier alpha value is -2.50. The van der Waals surface area contributed by atoms with E-state index in [0.717, 1.165) is 0 Å². The van der Waals surface area contributed by atoms with Crippen molar-refractivity contribution in [2.45, 2.75) is 13.3 Å². The molecule has 1 aromatic carbocycles. The minimum Gasteiger partial charge on any atom is -0.365 e. The Kier molecular flexibility index (Phi) is 3.29. The van der Waals surface area contributed by atoms with Crippen LogP contribution in [0.25, 0.3) is 10.9 Å². The van der Waals surface area contributed by atoms with Crippen molar-refractivity contribution in [1.82, 2.24) is 4.98 Å². The number of hydrogen-bond donors (Lipinski definition) is 0. The highest BCUT2D eigenvalue weighted by Crippen LogP contribution is 2.36. The number of pyridine rings is 1. The molecule has 0 N–H and O–H groups in total. The zero-order valence-electron chi connectivity index (χ0n) is 11.7. The van der Waals surface area contributed by atoms with Gasteiger partial charge >= 0.3 is 5.69 Å². The number of ketones is 1. The highest BCUT2D eigenvalue weighted by atomic mass is 16.6. The van der Waals surface area contributed by atoms with Crippen molar-refractivity contribution in [3.63, 3.8) is 0 Å². The Morgan fingerprint density at radius 3 is 2.90 bits per heavy atom. The summed E-state index contributed by atoms with van der Waals surface area (Å²) in [6.07, 6.45) is 2.05. The lowest BCUT2D eigenvalue weighted by atomic mass is 9.97. The summed E-state index contributed by atoms with van der Waals surface area (Å²) in [5, 5.41) is 12.0. The second-order valence-corrected chi connectivity index (χ2v) is 5.32. The summed E-state index contributed by atoms with van der Waals surface area (Å²) in [6, 6.07) is 6.93. The molecule has 1 aliphatic rings. The summed E-state index contributed by atoms with van der Waals surface area (Å²) in [6.45, 7) is 2.91. The summed E-state index contributed by atoms with van der Waals surface area (Å²) >= 11 is 0. The maximum absolute atomic E-state index is 11.6. The Morgan fingerprint density at radius 2 is 2.19 bits per heavy atom. The fraction of sp³-hybridized carbons (Fsp3) is 0.333. The van der Waals surface area contributed by atoms with Crippen molar-refractivity contribution >= 4 is 28.1 Å². The average molecular weight is 285 g/mol. The minimum atomic E-state index is -0.361. The van der Waals surface area contributed by atoms with Crippen LogP contribution < -0.4 is 4.90 Å². The molecule has 1 aliphatic heterocycles. The van der Waals surface area contributed by atoms with Crippen molar-refractivity contribution in [3.05, 3.63) is 40.6 Å². The molecule has 0 radical (unpaired) electrons. The SMILES string of the molecule is CC1CN(c2ccc3ncccc3c2[N+](=O)[O-])CCC1=O. The van der Waals surface area contributed by atoms with Crippen LogP contribution in [0.1, 0.15) is 13.3 Å². The number of hydrogen-bond acceptors (Lipinski definition) is 5. The summed E-state index contributed by atoms with van der Waals surface area (Å²) in [7, 11) is 0. The van der Waals surface area contributed by atoms with Gasteiger partial charge in [0, 0.05) is 31.6 Å². The highest BCUT2D eigenvalue weighted by Gasteiger charge is 2.29. The van der Waals surface area contributed by atoms with Crippen LogP contribution in [0.5, 0.6) is 0 Å². The molecule has 6 heteroatoms. The normalized spacial score (nSPS) is 19.0. The topological polar surface area (TPSA) is 76.3 Å². The van der Waals surface area contributed by atoms with E-state index in [9.17, 15) is 14.9 Å². The van der Waals surface area contributed by atoms with Crippen LogP contribution in [0.2, 0.25) is 0 Å². The number of nitro groups is 1. The maximum Gasteiger partial charge on any atom is 0.301 e. The Bertz CT molecular complexity index is 729. The number of piperidine rings is 1. The summed E-state index contributed by atoms with van der Waals surface area (Å²) in [4.78, 5) is 28.9. The number of aromatic nitrogens is 1. The Balaban J connectivity index is 2.12. The molecule has 1 fully saturated rings. The number of carbonyl (C=O) groups is 1. The smallest absolute Gasteiger partial charge is 0.301 e. The van der Waals surface area contributed by atoms with E-state index in [1.54, 1.807) is 30.5 Å². The first-order chi connectivity index (χ1) is 10.1. The van der Waals surface area contributed by atoms with Crippen LogP contribution in [-0.2, 0) is 4.79 Å². The van der Waals surface area contributed by atoms with Gasteiger partial charge in [-0.05, 0) is 24.3 Å². The first-order valence-electron chi connectivity index (χ1n) is 6.87. The third-order valence-electron chi connectivity index (χ3n) is 3.93. The van der Waals surface area contributed by atoms with Gasteiger partial charge in [-0.3, -0.25) is 19.9 Å². The lowest BCUT2D eigenvalue weighted by Crippen LogP contribution is -2.39. The van der Waals surface area contributed by atoms with E-state index in [1.807, 2.05) is 11.8 Å². The zero-order chi connectivity index (χ0) is 15.0. The predicted molar refractivity (Wildman–Crippen MR) is 79.4 cm³/mol. The largest absolute Gasteiger partial charge is 0.365 e. The minimum absolute atomic E-state index is 0.0714. The lowest BCUT2D eigenvalue weighted by molar-refractivity contribution is -0.382. The van der Waals surface area contributed by atoms with Crippen LogP contribution in [-0.4, -0.2) is 28.8 Å². The average Bonchev–Trinajstić information content (AvgIpc) is 2.48. The lowest BCUT2D eigenvalue weighted by Gasteiger charge is -2.31. The Labute approximate surface area is 121 Å². The van der Waals surface area contributed by atoms with E-state index in [1.165, 1.54) is 0 Å². The fourth-order valence-corrected chi connectivity index (χ4v) is 2.81. The molecule has 0 aliphatic carbocycles. The summed E-state index contributed by atoms with van der Waals surface area (Å²) < 4.78 is 0. The van der Waals surface area contributed by atoms with Gasteiger partial charge in [0.1, 0.15) is 11.5 Å². The van der Waals surface area contributed by atoms with Gasteiger partial charge < -0.3 is 4.90 Å². The van der Waals surface area contributed by atoms with Gasteiger partial charge in [0.05, 0.1) is 15.8 Å². The molecule has 1 atom stereocenters. The third kappa shape index (κ3) is 2.33. The van der Waals surface area contributed by atoms with E-state index in [4.69, 9.17) is 0 Å². The third-order valence-corrected chi connectivity index (χ3v) is 3.93. The van der Waals surface area contributed by atoms with E-state index in [2.05, 4.69) is 4.98 Å². The van der Waals surface area contributed by atoms with E-state index in [0.29, 0.717) is 36.1 Å². The van der Waals surface area contributed by atoms with Crippen molar-refractivity contribution in [3.8, 4) is 0 Å². The molecule has 1 saturated heterocycles. The molecule has 0 bridgehead atoms. The van der Waals surface area contributed by atoms with Crippen molar-refractivity contribution in [1.29, 1.82) is 0 Å². The second kappa shape index (κ2) is 5.12. The molecule has 0 amide bonds. The fourth-order valence-electron chi connectivity index (χ4n) is 2.81. The Morgan fingerprint density at radius 1 is 1.38 bits per heavy atom. The maximum atomic E-state index is 11.6. The number of nitro benzene ring substituents is 1. The number of Topliss-reactive ketones (excluding diaryl/α,β-unsaturated/α-hetero) is 1. The molecule has 2 aromatic rings. The quantitative estimate of drug-likeness (QED) is 0.626. The van der Waals surface area contributed by atoms with Crippen molar-refractivity contribution in [2.75, 3.05) is 18.0 Å². The second-order valence-electron chi connectivity index (χ2n) is 5.32. The molecule has 0 saturated carbocycles. The van der Waals surface area contributed by atoms with E-state index < -0.39 is 0 Å². The molecule has 0 spiro atoms. The van der Waals surface area contributed by atoms with E-state index in [-0.39, 0.29) is 22.3 Å². The van der Waals surface area contributed by atoms with Crippen LogP contribution in [0, 0.1) is 16.0 Å². The van der Waals surface area contributed by atoms with Gasteiger partial charge in [-0.2, -0.15) is 0 Å². The van der Waals surface area contributed by atoms with Crippen LogP contribution >= 0.6 is 0 Å². The number of fused-ring (bicyclic) bond motifs is 1. The molecule has 2 heterocycles. The predicted octanol–water partition coefficient (Wildman–Crippen LogP) is 2.56. The number of nitrogens with zero attached hydrogens (tertiary/aromatic N) is 3. The molecule has 1 aromatic heterocycles. The molecular weight excluding hydrogens is 270 g/mol. The molecule has 108 valence electrons. The first-order valence-corrected chi connectivity index (χ1v) is 6.87. The first kappa shape index (κ1) is 13.5. The van der Waals surface area contributed by atoms with Gasteiger partial charge in [0.2, 0.25) is 0 Å². The summed E-state index contributed by atoms with van der Waals surface area (Å²) in [5.74, 6) is 0.124. The van der Waals surface area contributed by atoms with E-state index >= 15 is 0 Å². The number of rotatable bonds is 2. The summed E-state index contributed by atoms with van der Waals surface area (Å²) in [5.41, 5.74) is 1.25. The highest BCUT2D eigenvalue weighted by molar-refractivity contribution is 5.95. The van der Waals surface area contributed by atoms with Gasteiger partial charge in [-0.1, -0.05) is 6.92 Å². The van der Waals surface area contributed by atoms with Crippen LogP contribution in [0.4, 0.5) is 11.4 Å². The molecular formula is C15H15N3O3. The van der Waals surface area contributed by atoms with Gasteiger partial charge in [-0.25, -0.2) is 0 Å². The monoisotopic (exact) mass is 285 g/mol. The van der Waals surface area contributed by atoms with Gasteiger partial charge in [0.25, 0.3) is 0 Å². The molecule has 21 heavy (non-hydrogen) atoms. The van der Waals surface area contributed by atoms with Gasteiger partial charge in [0.15, 0.2) is 0 Å². The zero-order valence-corrected chi connectivity index (χ0v) is 11.7. The number of carbonyl (C=O) groups excluding carboxylic acids is 1. The van der Waals surface area contributed by atoms with Crippen LogP contribution in [0.3, 0.4) is 0 Å². The number of anilines is 1. The molecule has 3 rings (SSSR count).